The molecule has 17 heavy (non-hydrogen) atoms. The summed E-state index contributed by atoms with van der Waals surface area (Å²) in [4.78, 5) is 4.85. The molecule has 2 aliphatic heterocycles. The Labute approximate surface area is 106 Å². The minimum Gasteiger partial charge on any atom is -0.396 e. The van der Waals surface area contributed by atoms with Crippen LogP contribution in [0, 0.1) is 17.8 Å². The molecule has 2 fully saturated rings. The summed E-state index contributed by atoms with van der Waals surface area (Å²) in [5, 5.41) is 9.75. The molecule has 2 unspecified atom stereocenters. The first kappa shape index (κ1) is 13.3. The predicted octanol–water partition coefficient (Wildman–Crippen LogP) is 1.28. The van der Waals surface area contributed by atoms with Crippen LogP contribution >= 0.6 is 0 Å². The third-order valence-corrected chi connectivity index (χ3v) is 4.85. The van der Waals surface area contributed by atoms with Crippen molar-refractivity contribution in [2.45, 2.75) is 25.7 Å². The Balaban J connectivity index is 1.90. The van der Waals surface area contributed by atoms with Gasteiger partial charge in [-0.15, -0.1) is 0 Å². The van der Waals surface area contributed by atoms with Crippen molar-refractivity contribution in [1.29, 1.82) is 0 Å². The van der Waals surface area contributed by atoms with Crippen LogP contribution < -0.4 is 0 Å². The molecule has 2 aliphatic rings. The highest BCUT2D eigenvalue weighted by Gasteiger charge is 2.32. The van der Waals surface area contributed by atoms with Gasteiger partial charge in [0, 0.05) is 13.2 Å². The summed E-state index contributed by atoms with van der Waals surface area (Å²) in [5.41, 5.74) is 0. The number of aliphatic hydroxyl groups excluding tert-OH is 1. The molecule has 0 saturated carbocycles. The molecule has 2 saturated heterocycles. The quantitative estimate of drug-likeness (QED) is 0.805. The van der Waals surface area contributed by atoms with Crippen molar-refractivity contribution < 1.29 is 5.11 Å². The third kappa shape index (κ3) is 3.43. The molecular formula is C14H28N2O. The van der Waals surface area contributed by atoms with E-state index in [0.29, 0.717) is 12.5 Å². The van der Waals surface area contributed by atoms with Crippen LogP contribution in [-0.4, -0.2) is 61.8 Å². The Morgan fingerprint density at radius 2 is 1.71 bits per heavy atom. The summed E-state index contributed by atoms with van der Waals surface area (Å²) in [6, 6.07) is 0. The minimum atomic E-state index is 0.396. The summed E-state index contributed by atoms with van der Waals surface area (Å²) < 4.78 is 0. The third-order valence-electron chi connectivity index (χ3n) is 4.85. The van der Waals surface area contributed by atoms with Crippen molar-refractivity contribution >= 4 is 0 Å². The predicted molar refractivity (Wildman–Crippen MR) is 71.0 cm³/mol. The lowest BCUT2D eigenvalue weighted by Crippen LogP contribution is -2.42. The van der Waals surface area contributed by atoms with Crippen molar-refractivity contribution in [3.8, 4) is 0 Å². The molecule has 0 aliphatic carbocycles. The van der Waals surface area contributed by atoms with Crippen LogP contribution in [0.25, 0.3) is 0 Å². The smallest absolute Gasteiger partial charge is 0.0465 e. The first-order valence-corrected chi connectivity index (χ1v) is 7.18. The van der Waals surface area contributed by atoms with E-state index in [1.165, 1.54) is 51.9 Å². The summed E-state index contributed by atoms with van der Waals surface area (Å²) >= 11 is 0. The van der Waals surface area contributed by atoms with E-state index in [-0.39, 0.29) is 0 Å². The van der Waals surface area contributed by atoms with Gasteiger partial charge in [-0.25, -0.2) is 0 Å². The van der Waals surface area contributed by atoms with Crippen molar-refractivity contribution in [3.05, 3.63) is 0 Å². The molecule has 0 spiro atoms. The van der Waals surface area contributed by atoms with E-state index < -0.39 is 0 Å². The first-order valence-electron chi connectivity index (χ1n) is 7.18. The van der Waals surface area contributed by atoms with Gasteiger partial charge in [0.1, 0.15) is 0 Å². The largest absolute Gasteiger partial charge is 0.396 e. The molecule has 2 rings (SSSR count). The van der Waals surface area contributed by atoms with Crippen LogP contribution in [0.3, 0.4) is 0 Å². The second-order valence-corrected chi connectivity index (χ2v) is 6.15. The van der Waals surface area contributed by atoms with Gasteiger partial charge in [0.2, 0.25) is 0 Å². The van der Waals surface area contributed by atoms with E-state index >= 15 is 0 Å². The summed E-state index contributed by atoms with van der Waals surface area (Å²) in [5.74, 6) is 2.03. The maximum atomic E-state index is 9.75. The van der Waals surface area contributed by atoms with Crippen LogP contribution in [0.2, 0.25) is 0 Å². The monoisotopic (exact) mass is 240 g/mol. The van der Waals surface area contributed by atoms with Crippen LogP contribution in [-0.2, 0) is 0 Å². The topological polar surface area (TPSA) is 26.7 Å². The van der Waals surface area contributed by atoms with Crippen molar-refractivity contribution in [2.75, 3.05) is 46.9 Å². The molecule has 2 atom stereocenters. The molecule has 3 nitrogen and oxygen atoms in total. The van der Waals surface area contributed by atoms with Gasteiger partial charge in [0.05, 0.1) is 0 Å². The van der Waals surface area contributed by atoms with Crippen molar-refractivity contribution in [1.82, 2.24) is 9.80 Å². The van der Waals surface area contributed by atoms with Crippen molar-refractivity contribution in [2.24, 2.45) is 17.8 Å². The highest BCUT2D eigenvalue weighted by atomic mass is 16.3. The minimum absolute atomic E-state index is 0.396. The Morgan fingerprint density at radius 1 is 1.00 bits per heavy atom. The standard InChI is InChI=1S/C14H28N2O/c1-15-8-5-12(6-9-15)14(11-17)13-4-3-7-16(2)10-13/h12-14,17H,3-11H2,1-2H3. The first-order chi connectivity index (χ1) is 8.20. The Hall–Kier alpha value is -0.120. The molecule has 0 aromatic rings. The molecule has 0 amide bonds. The van der Waals surface area contributed by atoms with Crippen LogP contribution in [0.4, 0.5) is 0 Å². The fourth-order valence-corrected chi connectivity index (χ4v) is 3.70. The van der Waals surface area contributed by atoms with Gasteiger partial charge in [-0.1, -0.05) is 0 Å². The van der Waals surface area contributed by atoms with Crippen LogP contribution in [0.1, 0.15) is 25.7 Å². The van der Waals surface area contributed by atoms with Gasteiger partial charge in [0.15, 0.2) is 0 Å². The van der Waals surface area contributed by atoms with Crippen LogP contribution in [0.5, 0.6) is 0 Å². The second kappa shape index (κ2) is 6.17. The van der Waals surface area contributed by atoms with Gasteiger partial charge in [-0.3, -0.25) is 0 Å². The highest BCUT2D eigenvalue weighted by molar-refractivity contribution is 4.84. The molecule has 0 aromatic carbocycles. The fourth-order valence-electron chi connectivity index (χ4n) is 3.70. The Kier molecular flexibility index (Phi) is 4.83. The second-order valence-electron chi connectivity index (χ2n) is 6.15. The van der Waals surface area contributed by atoms with E-state index in [9.17, 15) is 5.11 Å². The average Bonchev–Trinajstić information content (AvgIpc) is 2.33. The summed E-state index contributed by atoms with van der Waals surface area (Å²) in [7, 11) is 4.42. The van der Waals surface area contributed by atoms with E-state index in [0.717, 1.165) is 11.8 Å². The van der Waals surface area contributed by atoms with E-state index in [2.05, 4.69) is 23.9 Å². The van der Waals surface area contributed by atoms with Gasteiger partial charge < -0.3 is 14.9 Å². The molecule has 2 heterocycles. The summed E-state index contributed by atoms with van der Waals surface area (Å²) in [6.45, 7) is 5.25. The maximum absolute atomic E-state index is 9.75. The Morgan fingerprint density at radius 3 is 2.29 bits per heavy atom. The molecular weight excluding hydrogens is 212 g/mol. The van der Waals surface area contributed by atoms with Gasteiger partial charge in [-0.2, -0.15) is 0 Å². The number of rotatable bonds is 3. The number of piperidine rings is 2. The fraction of sp³-hybridized carbons (Fsp3) is 1.00. The molecule has 3 heteroatoms. The molecule has 1 N–H and O–H groups in total. The van der Waals surface area contributed by atoms with Gasteiger partial charge >= 0.3 is 0 Å². The lowest BCUT2D eigenvalue weighted by atomic mass is 9.74. The Bertz CT molecular complexity index is 226. The zero-order chi connectivity index (χ0) is 12.3. The molecule has 0 aromatic heterocycles. The normalized spacial score (nSPS) is 31.6. The van der Waals surface area contributed by atoms with E-state index in [1.54, 1.807) is 0 Å². The zero-order valence-electron chi connectivity index (χ0n) is 11.4. The maximum Gasteiger partial charge on any atom is 0.0465 e. The lowest BCUT2D eigenvalue weighted by molar-refractivity contribution is 0.0460. The molecule has 0 bridgehead atoms. The number of hydrogen-bond acceptors (Lipinski definition) is 3. The molecule has 0 radical (unpaired) electrons. The zero-order valence-corrected chi connectivity index (χ0v) is 11.4. The highest BCUT2D eigenvalue weighted by Crippen LogP contribution is 2.33. The lowest BCUT2D eigenvalue weighted by Gasteiger charge is -2.41. The number of likely N-dealkylation sites (tertiary alicyclic amines) is 2. The van der Waals surface area contributed by atoms with Gasteiger partial charge in [-0.05, 0) is 77.2 Å². The average molecular weight is 240 g/mol. The van der Waals surface area contributed by atoms with Crippen molar-refractivity contribution in [3.63, 3.8) is 0 Å². The number of aliphatic hydroxyl groups is 1. The van der Waals surface area contributed by atoms with E-state index in [4.69, 9.17) is 0 Å². The number of hydrogen-bond donors (Lipinski definition) is 1. The number of nitrogens with zero attached hydrogens (tertiary/aromatic N) is 2. The SMILES string of the molecule is CN1CCC(C(CO)C2CCCN(C)C2)CC1. The molecule has 100 valence electrons. The van der Waals surface area contributed by atoms with Crippen LogP contribution in [0.15, 0.2) is 0 Å². The van der Waals surface area contributed by atoms with E-state index in [1.807, 2.05) is 0 Å². The summed E-state index contributed by atoms with van der Waals surface area (Å²) in [6.07, 6.45) is 5.19. The van der Waals surface area contributed by atoms with Gasteiger partial charge in [0.25, 0.3) is 0 Å².